The first-order valence-electron chi connectivity index (χ1n) is 23.3. The molecule has 2 aromatic carbocycles. The Balaban J connectivity index is 0.00000112. The van der Waals surface area contributed by atoms with Crippen molar-refractivity contribution in [2.75, 3.05) is 0 Å². The molecule has 4 atom stereocenters. The Morgan fingerprint density at radius 3 is 1.03 bits per heavy atom. The van der Waals surface area contributed by atoms with Gasteiger partial charge in [0.25, 0.3) is 0 Å². The van der Waals surface area contributed by atoms with Crippen LogP contribution in [0.5, 0.6) is 0 Å². The number of hydrogen-bond acceptors (Lipinski definition) is 8. The van der Waals surface area contributed by atoms with Crippen molar-refractivity contribution >= 4 is 60.8 Å². The van der Waals surface area contributed by atoms with Crippen LogP contribution in [-0.4, -0.2) is 95.4 Å². The quantitative estimate of drug-likeness (QED) is 0.0501. The van der Waals surface area contributed by atoms with E-state index in [9.17, 15) is 30.0 Å². The molecule has 0 saturated heterocycles. The van der Waals surface area contributed by atoms with Crippen LogP contribution < -0.4 is 10.2 Å². The van der Waals surface area contributed by atoms with Gasteiger partial charge in [0, 0.05) is 24.8 Å². The predicted octanol–water partition coefficient (Wildman–Crippen LogP) is 9.95. The van der Waals surface area contributed by atoms with Gasteiger partial charge in [-0.3, -0.25) is 0 Å². The van der Waals surface area contributed by atoms with Crippen molar-refractivity contribution in [2.45, 2.75) is 231 Å². The molecule has 2 aromatic rings. The van der Waals surface area contributed by atoms with Crippen LogP contribution in [0.2, 0.25) is 0 Å². The van der Waals surface area contributed by atoms with Crippen molar-refractivity contribution in [1.29, 1.82) is 0 Å². The van der Waals surface area contributed by atoms with E-state index < -0.39 is 11.9 Å². The zero-order valence-electron chi connectivity index (χ0n) is 37.3. The van der Waals surface area contributed by atoms with Crippen LogP contribution in [0.25, 0.3) is 0 Å². The number of carbonyl (C=O) groups excluding carboxylic acids is 2. The molecule has 59 heavy (non-hydrogen) atoms. The standard InChI is InChI=1S/2C25H42O4.Ba/c2*1-2-3-4-5-6-7-12-17-23(26)18-13-9-14-19-24(20-25(27)28)29-21-22-15-10-8-11-16-22;/h2*8,10-11,15-16,23-24,26H,2-7,9,12-14,17-21H2,1H3,(H,27,28);/q;;+2/p-2. The second-order valence-corrected chi connectivity index (χ2v) is 16.4. The first-order chi connectivity index (χ1) is 28.2. The van der Waals surface area contributed by atoms with E-state index >= 15 is 0 Å². The van der Waals surface area contributed by atoms with E-state index in [0.29, 0.717) is 26.1 Å². The minimum atomic E-state index is -1.06. The molecule has 0 saturated carbocycles. The molecule has 0 spiro atoms. The third-order valence-corrected chi connectivity index (χ3v) is 10.9. The maximum Gasteiger partial charge on any atom is 2.00 e. The molecule has 2 rings (SSSR count). The molecule has 9 heteroatoms. The SMILES string of the molecule is CCCCCCCCCC(O)CCCCCC(CC(=O)[O-])OCc1ccccc1.CCCCCCCCCC(O)CCCCCC(CC(=O)[O-])OCc1ccccc1.[Ba+2]. The number of aliphatic carboxylic acids is 2. The summed E-state index contributed by atoms with van der Waals surface area (Å²) < 4.78 is 11.6. The average molecular weight is 949 g/mol. The van der Waals surface area contributed by atoms with Crippen molar-refractivity contribution in [3.63, 3.8) is 0 Å². The number of unbranched alkanes of at least 4 members (excludes halogenated alkanes) is 16. The van der Waals surface area contributed by atoms with Gasteiger partial charge in [0.2, 0.25) is 0 Å². The van der Waals surface area contributed by atoms with Crippen LogP contribution in [0.1, 0.15) is 205 Å². The summed E-state index contributed by atoms with van der Waals surface area (Å²) in [6, 6.07) is 19.6. The Labute approximate surface area is 400 Å². The minimum Gasteiger partial charge on any atom is -0.550 e. The maximum atomic E-state index is 11.0. The third kappa shape index (κ3) is 38.2. The molecule has 0 aliphatic heterocycles. The number of hydrogen-bond donors (Lipinski definition) is 2. The molecule has 332 valence electrons. The molecule has 0 heterocycles. The van der Waals surface area contributed by atoms with Gasteiger partial charge >= 0.3 is 48.9 Å². The Hall–Kier alpha value is -1.21. The van der Waals surface area contributed by atoms with Crippen LogP contribution in [0, 0.1) is 0 Å². The van der Waals surface area contributed by atoms with Crippen molar-refractivity contribution in [3.05, 3.63) is 71.8 Å². The number of carboxylic acids is 2. The van der Waals surface area contributed by atoms with Gasteiger partial charge in [-0.2, -0.15) is 0 Å². The van der Waals surface area contributed by atoms with Gasteiger partial charge < -0.3 is 39.5 Å². The topological polar surface area (TPSA) is 139 Å². The third-order valence-electron chi connectivity index (χ3n) is 10.9. The fourth-order valence-electron chi connectivity index (χ4n) is 7.26. The molecular formula is C50H82BaO8. The second kappa shape index (κ2) is 42.1. The van der Waals surface area contributed by atoms with Crippen LogP contribution >= 0.6 is 0 Å². The molecule has 0 radical (unpaired) electrons. The van der Waals surface area contributed by atoms with Crippen LogP contribution in [-0.2, 0) is 32.3 Å². The Morgan fingerprint density at radius 1 is 0.458 bits per heavy atom. The van der Waals surface area contributed by atoms with Gasteiger partial charge in [-0.05, 0) is 49.7 Å². The number of aliphatic hydroxyl groups is 2. The Morgan fingerprint density at radius 2 is 0.729 bits per heavy atom. The van der Waals surface area contributed by atoms with Gasteiger partial charge in [0.1, 0.15) is 0 Å². The van der Waals surface area contributed by atoms with E-state index in [4.69, 9.17) is 9.47 Å². The zero-order chi connectivity index (χ0) is 42.3. The molecule has 0 fully saturated rings. The number of rotatable bonds is 38. The molecule has 0 aliphatic carbocycles. The van der Waals surface area contributed by atoms with E-state index in [2.05, 4.69) is 13.8 Å². The second-order valence-electron chi connectivity index (χ2n) is 16.4. The van der Waals surface area contributed by atoms with Gasteiger partial charge in [-0.15, -0.1) is 0 Å². The summed E-state index contributed by atoms with van der Waals surface area (Å²) in [6.45, 7) is 5.32. The maximum absolute atomic E-state index is 11.0. The van der Waals surface area contributed by atoms with Crippen LogP contribution in [0.15, 0.2) is 60.7 Å². The number of carboxylic acid groups (broad SMARTS) is 2. The normalized spacial score (nSPS) is 13.1. The van der Waals surface area contributed by atoms with Crippen LogP contribution in [0.3, 0.4) is 0 Å². The fraction of sp³-hybridized carbons (Fsp3) is 0.720. The summed E-state index contributed by atoms with van der Waals surface area (Å²) in [7, 11) is 0. The molecule has 0 aromatic heterocycles. The van der Waals surface area contributed by atoms with Gasteiger partial charge in [0.05, 0.1) is 37.6 Å². The molecule has 8 nitrogen and oxygen atoms in total. The first-order valence-corrected chi connectivity index (χ1v) is 23.3. The summed E-state index contributed by atoms with van der Waals surface area (Å²) in [6.07, 6.45) is 27.4. The van der Waals surface area contributed by atoms with E-state index in [1.807, 2.05) is 60.7 Å². The van der Waals surface area contributed by atoms with Gasteiger partial charge in [0.15, 0.2) is 0 Å². The van der Waals surface area contributed by atoms with Crippen molar-refractivity contribution in [2.24, 2.45) is 0 Å². The largest absolute Gasteiger partial charge is 2.00 e. The molecule has 0 bridgehead atoms. The van der Waals surface area contributed by atoms with Crippen molar-refractivity contribution in [3.8, 4) is 0 Å². The van der Waals surface area contributed by atoms with Gasteiger partial charge in [-0.25, -0.2) is 0 Å². The summed E-state index contributed by atoms with van der Waals surface area (Å²) in [5.74, 6) is -2.12. The zero-order valence-corrected chi connectivity index (χ0v) is 41.8. The molecular weight excluding hydrogens is 866 g/mol. The minimum absolute atomic E-state index is 0. The average Bonchev–Trinajstić information content (AvgIpc) is 3.21. The van der Waals surface area contributed by atoms with E-state index in [-0.39, 0.29) is 86.1 Å². The Bertz CT molecular complexity index is 1110. The smallest absolute Gasteiger partial charge is 0.550 e. The van der Waals surface area contributed by atoms with Gasteiger partial charge in [-0.1, -0.05) is 203 Å². The van der Waals surface area contributed by atoms with E-state index in [1.165, 1.54) is 77.0 Å². The molecule has 0 amide bonds. The summed E-state index contributed by atoms with van der Waals surface area (Å²) >= 11 is 0. The van der Waals surface area contributed by atoms with Crippen LogP contribution in [0.4, 0.5) is 0 Å². The summed E-state index contributed by atoms with van der Waals surface area (Å²) in [5, 5.41) is 42.2. The van der Waals surface area contributed by atoms with E-state index in [0.717, 1.165) is 88.2 Å². The summed E-state index contributed by atoms with van der Waals surface area (Å²) in [4.78, 5) is 21.9. The number of carbonyl (C=O) groups is 2. The van der Waals surface area contributed by atoms with Crippen molar-refractivity contribution < 1.29 is 39.5 Å². The molecule has 4 unspecified atom stereocenters. The molecule has 2 N–H and O–H groups in total. The Kier molecular flexibility index (Phi) is 41.2. The monoisotopic (exact) mass is 949 g/mol. The van der Waals surface area contributed by atoms with E-state index in [1.54, 1.807) is 0 Å². The number of aliphatic hydroxyl groups excluding tert-OH is 2. The predicted molar refractivity (Wildman–Crippen MR) is 238 cm³/mol. The number of benzene rings is 2. The van der Waals surface area contributed by atoms with Crippen molar-refractivity contribution in [1.82, 2.24) is 0 Å². The fourth-order valence-corrected chi connectivity index (χ4v) is 7.26. The molecule has 0 aliphatic rings. The number of ether oxygens (including phenoxy) is 2. The first kappa shape index (κ1) is 57.8. The summed E-state index contributed by atoms with van der Waals surface area (Å²) in [5.41, 5.74) is 2.09.